The van der Waals surface area contributed by atoms with Gasteiger partial charge in [0.1, 0.15) is 5.69 Å². The summed E-state index contributed by atoms with van der Waals surface area (Å²) in [6.07, 6.45) is 0. The number of benzene rings is 2. The summed E-state index contributed by atoms with van der Waals surface area (Å²) in [6.45, 7) is 0. The van der Waals surface area contributed by atoms with Gasteiger partial charge in [0.25, 0.3) is 0 Å². The quantitative estimate of drug-likeness (QED) is 0.716. The highest BCUT2D eigenvalue weighted by Gasteiger charge is 2.32. The number of hydrogen-bond acceptors (Lipinski definition) is 5. The van der Waals surface area contributed by atoms with Gasteiger partial charge >= 0.3 is 0 Å². The number of sulfone groups is 1. The van der Waals surface area contributed by atoms with Crippen molar-refractivity contribution in [2.75, 3.05) is 0 Å². The number of allylic oxidation sites excluding steroid dienone is 1. The molecule has 6 heteroatoms. The van der Waals surface area contributed by atoms with Crippen LogP contribution in [0.2, 0.25) is 0 Å². The third-order valence-corrected chi connectivity index (χ3v) is 5.32. The normalized spacial score (nSPS) is 15.7. The van der Waals surface area contributed by atoms with Gasteiger partial charge in [-0.05, 0) is 12.1 Å². The zero-order valence-electron chi connectivity index (χ0n) is 12.3. The fourth-order valence-corrected chi connectivity index (χ4v) is 4.03. The fourth-order valence-electron chi connectivity index (χ4n) is 2.64. The summed E-state index contributed by atoms with van der Waals surface area (Å²) < 4.78 is 30.0. The molecule has 3 aromatic rings. The van der Waals surface area contributed by atoms with E-state index in [1.807, 2.05) is 30.3 Å². The molecule has 0 atom stereocenters. The molecule has 1 aliphatic rings. The van der Waals surface area contributed by atoms with E-state index in [9.17, 15) is 13.2 Å². The van der Waals surface area contributed by atoms with Crippen molar-refractivity contribution in [3.63, 3.8) is 0 Å². The lowest BCUT2D eigenvalue weighted by atomic mass is 10.0. The number of aromatic nitrogens is 1. The maximum absolute atomic E-state index is 12.6. The predicted octanol–water partition coefficient (Wildman–Crippen LogP) is 3.35. The van der Waals surface area contributed by atoms with Gasteiger partial charge in [-0.1, -0.05) is 47.6 Å². The number of nitrogens with zero attached hydrogens (tertiary/aromatic N) is 1. The molecule has 2 heterocycles. The van der Waals surface area contributed by atoms with Crippen LogP contribution in [0.1, 0.15) is 16.1 Å². The molecule has 4 rings (SSSR count). The van der Waals surface area contributed by atoms with Crippen LogP contribution < -0.4 is 0 Å². The maximum Gasteiger partial charge on any atom is 0.201 e. The largest absolute Gasteiger partial charge is 0.355 e. The summed E-state index contributed by atoms with van der Waals surface area (Å²) >= 11 is 0. The summed E-state index contributed by atoms with van der Waals surface area (Å²) in [5.74, 6) is -0.256. The smallest absolute Gasteiger partial charge is 0.201 e. The van der Waals surface area contributed by atoms with Gasteiger partial charge in [-0.25, -0.2) is 8.42 Å². The maximum atomic E-state index is 12.6. The number of ketones is 1. The van der Waals surface area contributed by atoms with Crippen molar-refractivity contribution in [2.24, 2.45) is 0 Å². The lowest BCUT2D eigenvalue weighted by molar-refractivity contribution is 0.105. The molecular formula is C18H11NO4S. The zero-order valence-corrected chi connectivity index (χ0v) is 13.2. The van der Waals surface area contributed by atoms with E-state index < -0.39 is 15.6 Å². The lowest BCUT2D eigenvalue weighted by Gasteiger charge is -2.13. The summed E-state index contributed by atoms with van der Waals surface area (Å²) in [7, 11) is -3.70. The van der Waals surface area contributed by atoms with Crippen LogP contribution in [-0.4, -0.2) is 19.4 Å². The molecule has 0 unspecified atom stereocenters. The van der Waals surface area contributed by atoms with Gasteiger partial charge in [0.05, 0.1) is 15.9 Å². The van der Waals surface area contributed by atoms with Gasteiger partial charge in [-0.15, -0.1) is 0 Å². The Kier molecular flexibility index (Phi) is 3.21. The third-order valence-electron chi connectivity index (χ3n) is 3.80. The molecule has 5 nitrogen and oxygen atoms in total. The van der Waals surface area contributed by atoms with E-state index in [1.165, 1.54) is 12.1 Å². The minimum atomic E-state index is -3.70. The van der Waals surface area contributed by atoms with Crippen LogP contribution in [0.25, 0.3) is 16.8 Å². The standard InChI is InChI=1S/C18H11NO4S/c20-18-13-8-4-5-9-17(13)24(21,22)11-14(18)16-10-15(19-23-16)12-6-2-1-3-7-12/h1-11H. The molecule has 0 N–H and O–H groups in total. The number of fused-ring (bicyclic) bond motifs is 1. The Balaban J connectivity index is 1.83. The van der Waals surface area contributed by atoms with Crippen LogP contribution in [0.15, 0.2) is 75.5 Å². The molecule has 1 aromatic heterocycles. The molecule has 0 fully saturated rings. The highest BCUT2D eigenvalue weighted by molar-refractivity contribution is 7.94. The molecule has 1 aliphatic heterocycles. The van der Waals surface area contributed by atoms with Gasteiger partial charge in [0.15, 0.2) is 11.5 Å². The summed E-state index contributed by atoms with van der Waals surface area (Å²) in [6, 6.07) is 17.0. The highest BCUT2D eigenvalue weighted by atomic mass is 32.2. The van der Waals surface area contributed by atoms with E-state index >= 15 is 0 Å². The SMILES string of the molecule is O=C1C(c2cc(-c3ccccc3)no2)=CS(=O)(=O)c2ccccc21. The number of carbonyl (C=O) groups excluding carboxylic acids is 1. The van der Waals surface area contributed by atoms with Crippen LogP contribution in [0.3, 0.4) is 0 Å². The Morgan fingerprint density at radius 2 is 1.62 bits per heavy atom. The van der Waals surface area contributed by atoms with Crippen molar-refractivity contribution in [1.29, 1.82) is 0 Å². The van der Waals surface area contributed by atoms with Crippen LogP contribution in [0, 0.1) is 0 Å². The average molecular weight is 337 g/mol. The summed E-state index contributed by atoms with van der Waals surface area (Å²) in [4.78, 5) is 12.6. The van der Waals surface area contributed by atoms with E-state index in [0.717, 1.165) is 11.0 Å². The van der Waals surface area contributed by atoms with Crippen molar-refractivity contribution in [3.8, 4) is 11.3 Å². The minimum Gasteiger partial charge on any atom is -0.355 e. The molecule has 2 aromatic carbocycles. The highest BCUT2D eigenvalue weighted by Crippen LogP contribution is 2.33. The Bertz CT molecular complexity index is 1080. The summed E-state index contributed by atoms with van der Waals surface area (Å²) in [5.41, 5.74) is 1.49. The van der Waals surface area contributed by atoms with Crippen LogP contribution in [0.5, 0.6) is 0 Å². The molecule has 24 heavy (non-hydrogen) atoms. The Labute approximate surface area is 138 Å². The molecule has 0 bridgehead atoms. The van der Waals surface area contributed by atoms with Crippen molar-refractivity contribution in [3.05, 3.63) is 77.4 Å². The van der Waals surface area contributed by atoms with Crippen molar-refractivity contribution < 1.29 is 17.7 Å². The monoisotopic (exact) mass is 337 g/mol. The molecular weight excluding hydrogens is 326 g/mol. The second-order valence-electron chi connectivity index (χ2n) is 5.34. The van der Waals surface area contributed by atoms with Gasteiger partial charge in [0, 0.05) is 17.2 Å². The van der Waals surface area contributed by atoms with Gasteiger partial charge < -0.3 is 4.52 Å². The predicted molar refractivity (Wildman–Crippen MR) is 87.9 cm³/mol. The second kappa shape index (κ2) is 5.28. The van der Waals surface area contributed by atoms with Crippen LogP contribution in [0.4, 0.5) is 0 Å². The molecule has 118 valence electrons. The van der Waals surface area contributed by atoms with E-state index in [1.54, 1.807) is 18.2 Å². The van der Waals surface area contributed by atoms with E-state index in [0.29, 0.717) is 5.69 Å². The van der Waals surface area contributed by atoms with Crippen molar-refractivity contribution >= 4 is 21.2 Å². The first-order valence-electron chi connectivity index (χ1n) is 7.19. The Morgan fingerprint density at radius 1 is 0.917 bits per heavy atom. The first kappa shape index (κ1) is 14.6. The first-order valence-corrected chi connectivity index (χ1v) is 8.74. The van der Waals surface area contributed by atoms with Crippen molar-refractivity contribution in [1.82, 2.24) is 5.16 Å². The molecule has 0 radical (unpaired) electrons. The zero-order chi connectivity index (χ0) is 16.7. The molecule has 0 amide bonds. The van der Waals surface area contributed by atoms with Gasteiger partial charge in [-0.2, -0.15) is 0 Å². The Hall–Kier alpha value is -2.99. The molecule has 0 saturated heterocycles. The van der Waals surface area contributed by atoms with Crippen LogP contribution >= 0.6 is 0 Å². The number of carbonyl (C=O) groups is 1. The van der Waals surface area contributed by atoms with Crippen LogP contribution in [-0.2, 0) is 9.84 Å². The second-order valence-corrected chi connectivity index (χ2v) is 7.11. The minimum absolute atomic E-state index is 0.0108. The van der Waals surface area contributed by atoms with Gasteiger partial charge in [0.2, 0.25) is 9.84 Å². The average Bonchev–Trinajstić information content (AvgIpc) is 3.09. The number of hydrogen-bond donors (Lipinski definition) is 0. The molecule has 0 spiro atoms. The Morgan fingerprint density at radius 3 is 2.42 bits per heavy atom. The number of rotatable bonds is 2. The van der Waals surface area contributed by atoms with E-state index in [-0.39, 0.29) is 21.8 Å². The van der Waals surface area contributed by atoms with Crippen molar-refractivity contribution in [2.45, 2.75) is 4.90 Å². The first-order chi connectivity index (χ1) is 11.6. The summed E-state index contributed by atoms with van der Waals surface area (Å²) in [5, 5.41) is 4.89. The molecule has 0 saturated carbocycles. The van der Waals surface area contributed by atoms with Gasteiger partial charge in [-0.3, -0.25) is 4.79 Å². The number of Topliss-reactive ketones (excluding diaryl/α,β-unsaturated/α-hetero) is 1. The topological polar surface area (TPSA) is 77.2 Å². The van der Waals surface area contributed by atoms with E-state index in [4.69, 9.17) is 4.52 Å². The third kappa shape index (κ3) is 2.28. The van der Waals surface area contributed by atoms with E-state index in [2.05, 4.69) is 5.16 Å². The molecule has 0 aliphatic carbocycles. The fraction of sp³-hybridized carbons (Fsp3) is 0. The lowest BCUT2D eigenvalue weighted by Crippen LogP contribution is -2.15.